The molecular formula is C8H12BrNOS. The first-order valence-electron chi connectivity index (χ1n) is 3.63. The summed E-state index contributed by atoms with van der Waals surface area (Å²) in [5.74, 6) is 0. The number of thiophene rings is 1. The van der Waals surface area contributed by atoms with E-state index >= 15 is 0 Å². The molecule has 0 saturated heterocycles. The highest BCUT2D eigenvalue weighted by molar-refractivity contribution is 9.11. The zero-order chi connectivity index (χ0) is 9.35. The molecule has 3 N–H and O–H groups in total. The minimum absolute atomic E-state index is 0.579. The first kappa shape index (κ1) is 10.2. The van der Waals surface area contributed by atoms with Crippen molar-refractivity contribution < 1.29 is 5.11 Å². The van der Waals surface area contributed by atoms with Gasteiger partial charge in [-0.3, -0.25) is 0 Å². The standard InChI is InChI=1S/C8H12BrNOS/c1-8(2,10)7(11)5-3-4-6(9)12-5/h3-4,7,11H,10H2,1-2H3. The van der Waals surface area contributed by atoms with Gasteiger partial charge in [-0.2, -0.15) is 0 Å². The molecule has 0 aromatic carbocycles. The smallest absolute Gasteiger partial charge is 0.106 e. The molecule has 0 fully saturated rings. The molecule has 12 heavy (non-hydrogen) atoms. The van der Waals surface area contributed by atoms with Crippen molar-refractivity contribution in [2.45, 2.75) is 25.5 Å². The summed E-state index contributed by atoms with van der Waals surface area (Å²) in [5, 5.41) is 9.73. The van der Waals surface area contributed by atoms with Gasteiger partial charge < -0.3 is 10.8 Å². The van der Waals surface area contributed by atoms with Crippen LogP contribution in [0.2, 0.25) is 0 Å². The molecule has 1 unspecified atom stereocenters. The summed E-state index contributed by atoms with van der Waals surface area (Å²) < 4.78 is 1.01. The lowest BCUT2D eigenvalue weighted by Gasteiger charge is -2.24. The van der Waals surface area contributed by atoms with Crippen molar-refractivity contribution >= 4 is 27.3 Å². The third-order valence-corrected chi connectivity index (χ3v) is 3.24. The monoisotopic (exact) mass is 249 g/mol. The zero-order valence-corrected chi connectivity index (χ0v) is 9.45. The molecule has 0 amide bonds. The predicted octanol–water partition coefficient (Wildman–Crippen LogP) is 2.28. The number of rotatable bonds is 2. The molecular weight excluding hydrogens is 238 g/mol. The fourth-order valence-corrected chi connectivity index (χ4v) is 2.45. The molecule has 0 radical (unpaired) electrons. The average molecular weight is 250 g/mol. The van der Waals surface area contributed by atoms with E-state index in [1.54, 1.807) is 0 Å². The first-order valence-corrected chi connectivity index (χ1v) is 5.24. The van der Waals surface area contributed by atoms with E-state index in [-0.39, 0.29) is 0 Å². The lowest BCUT2D eigenvalue weighted by molar-refractivity contribution is 0.108. The Morgan fingerprint density at radius 3 is 2.50 bits per heavy atom. The summed E-state index contributed by atoms with van der Waals surface area (Å²) in [4.78, 5) is 0.898. The molecule has 2 nitrogen and oxygen atoms in total. The average Bonchev–Trinajstić information content (AvgIpc) is 2.32. The van der Waals surface area contributed by atoms with Gasteiger partial charge in [-0.1, -0.05) is 0 Å². The second kappa shape index (κ2) is 3.46. The van der Waals surface area contributed by atoms with Crippen molar-refractivity contribution in [2.75, 3.05) is 0 Å². The zero-order valence-electron chi connectivity index (χ0n) is 7.04. The van der Waals surface area contributed by atoms with Gasteiger partial charge in [0.2, 0.25) is 0 Å². The summed E-state index contributed by atoms with van der Waals surface area (Å²) in [6.07, 6.45) is -0.589. The van der Waals surface area contributed by atoms with Crippen molar-refractivity contribution in [1.82, 2.24) is 0 Å². The number of hydrogen-bond acceptors (Lipinski definition) is 3. The maximum absolute atomic E-state index is 9.73. The van der Waals surface area contributed by atoms with Gasteiger partial charge in [0.15, 0.2) is 0 Å². The Kier molecular flexibility index (Phi) is 2.93. The van der Waals surface area contributed by atoms with Crippen LogP contribution >= 0.6 is 27.3 Å². The number of aliphatic hydroxyl groups excluding tert-OH is 1. The number of hydrogen-bond donors (Lipinski definition) is 2. The van der Waals surface area contributed by atoms with Crippen LogP contribution in [-0.2, 0) is 0 Å². The van der Waals surface area contributed by atoms with Crippen LogP contribution in [0.3, 0.4) is 0 Å². The van der Waals surface area contributed by atoms with E-state index in [1.165, 1.54) is 11.3 Å². The van der Waals surface area contributed by atoms with Crippen LogP contribution in [0, 0.1) is 0 Å². The van der Waals surface area contributed by atoms with Crippen molar-refractivity contribution in [3.63, 3.8) is 0 Å². The Bertz CT molecular complexity index is 266. The maximum atomic E-state index is 9.73. The molecule has 1 heterocycles. The quantitative estimate of drug-likeness (QED) is 0.845. The van der Waals surface area contributed by atoms with Gasteiger partial charge in [0.25, 0.3) is 0 Å². The van der Waals surface area contributed by atoms with E-state index in [0.717, 1.165) is 8.66 Å². The van der Waals surface area contributed by atoms with Crippen LogP contribution in [0.1, 0.15) is 24.8 Å². The third-order valence-electron chi connectivity index (χ3n) is 1.57. The Morgan fingerprint density at radius 2 is 2.17 bits per heavy atom. The molecule has 0 saturated carbocycles. The van der Waals surface area contributed by atoms with Crippen molar-refractivity contribution in [3.05, 3.63) is 20.8 Å². The minimum Gasteiger partial charge on any atom is -0.386 e. The fourth-order valence-electron chi connectivity index (χ4n) is 0.842. The second-order valence-electron chi connectivity index (χ2n) is 3.37. The summed E-state index contributed by atoms with van der Waals surface area (Å²) in [7, 11) is 0. The Hall–Kier alpha value is 0.1000. The van der Waals surface area contributed by atoms with Crippen molar-refractivity contribution in [3.8, 4) is 0 Å². The van der Waals surface area contributed by atoms with Crippen LogP contribution in [0.4, 0.5) is 0 Å². The molecule has 4 heteroatoms. The SMILES string of the molecule is CC(C)(N)C(O)c1ccc(Br)s1. The Morgan fingerprint density at radius 1 is 1.58 bits per heavy atom. The lowest BCUT2D eigenvalue weighted by atomic mass is 9.98. The molecule has 1 aromatic heterocycles. The number of halogens is 1. The van der Waals surface area contributed by atoms with Gasteiger partial charge in [0.1, 0.15) is 6.10 Å². The highest BCUT2D eigenvalue weighted by atomic mass is 79.9. The van der Waals surface area contributed by atoms with Gasteiger partial charge >= 0.3 is 0 Å². The van der Waals surface area contributed by atoms with E-state index in [2.05, 4.69) is 15.9 Å². The van der Waals surface area contributed by atoms with Crippen LogP contribution in [-0.4, -0.2) is 10.6 Å². The van der Waals surface area contributed by atoms with Gasteiger partial charge in [-0.15, -0.1) is 11.3 Å². The largest absolute Gasteiger partial charge is 0.386 e. The molecule has 1 atom stereocenters. The first-order chi connectivity index (χ1) is 5.41. The molecule has 0 aliphatic carbocycles. The number of nitrogens with two attached hydrogens (primary N) is 1. The topological polar surface area (TPSA) is 46.2 Å². The summed E-state index contributed by atoms with van der Waals surface area (Å²) in [6.45, 7) is 3.62. The van der Waals surface area contributed by atoms with Crippen LogP contribution in [0.15, 0.2) is 15.9 Å². The fraction of sp³-hybridized carbons (Fsp3) is 0.500. The normalized spacial score (nSPS) is 14.8. The number of aliphatic hydroxyl groups is 1. The van der Waals surface area contributed by atoms with Crippen LogP contribution in [0.5, 0.6) is 0 Å². The maximum Gasteiger partial charge on any atom is 0.106 e. The van der Waals surface area contributed by atoms with Crippen LogP contribution in [0.25, 0.3) is 0 Å². The summed E-state index contributed by atoms with van der Waals surface area (Å²) >= 11 is 4.84. The molecule has 0 spiro atoms. The molecule has 68 valence electrons. The molecule has 1 rings (SSSR count). The third kappa shape index (κ3) is 2.29. The molecule has 0 aliphatic rings. The van der Waals surface area contributed by atoms with Crippen LogP contribution < -0.4 is 5.73 Å². The van der Waals surface area contributed by atoms with Crippen molar-refractivity contribution in [1.29, 1.82) is 0 Å². The van der Waals surface area contributed by atoms with Gasteiger partial charge in [-0.25, -0.2) is 0 Å². The van der Waals surface area contributed by atoms with E-state index < -0.39 is 11.6 Å². The van der Waals surface area contributed by atoms with Gasteiger partial charge in [-0.05, 0) is 41.9 Å². The second-order valence-corrected chi connectivity index (χ2v) is 5.86. The lowest BCUT2D eigenvalue weighted by Crippen LogP contribution is -2.38. The Labute approximate surface area is 84.5 Å². The van der Waals surface area contributed by atoms with E-state index in [4.69, 9.17) is 5.73 Å². The van der Waals surface area contributed by atoms with E-state index in [1.807, 2.05) is 26.0 Å². The van der Waals surface area contributed by atoms with Crippen molar-refractivity contribution in [2.24, 2.45) is 5.73 Å². The molecule has 0 bridgehead atoms. The highest BCUT2D eigenvalue weighted by Crippen LogP contribution is 2.31. The molecule has 1 aromatic rings. The van der Waals surface area contributed by atoms with Gasteiger partial charge in [0, 0.05) is 10.4 Å². The van der Waals surface area contributed by atoms with E-state index in [0.29, 0.717) is 0 Å². The van der Waals surface area contributed by atoms with E-state index in [9.17, 15) is 5.11 Å². The van der Waals surface area contributed by atoms with Gasteiger partial charge in [0.05, 0.1) is 3.79 Å². The predicted molar refractivity (Wildman–Crippen MR) is 55.2 cm³/mol. The summed E-state index contributed by atoms with van der Waals surface area (Å²) in [6, 6.07) is 3.79. The Balaban J connectivity index is 2.85. The highest BCUT2D eigenvalue weighted by Gasteiger charge is 2.25. The minimum atomic E-state index is -0.589. The molecule has 0 aliphatic heterocycles. The summed E-state index contributed by atoms with van der Waals surface area (Å²) in [5.41, 5.74) is 5.18.